The highest BCUT2D eigenvalue weighted by molar-refractivity contribution is 5.61. The van der Waals surface area contributed by atoms with E-state index in [4.69, 9.17) is 4.98 Å². The number of alkyl halides is 3. The standard InChI is InChI=1S/C21H26F3N5/c1-13-8-9-14(11-17(13)21(22,23)24)26-20-27-18-7-3-6-16(18)19(28-20)29-10-4-5-15(12-29)25-2/h8-9,11,15,25H,3-7,10,12H2,1-2H3,(H,26,27,28). The zero-order chi connectivity index (χ0) is 20.6. The SMILES string of the molecule is CNC1CCCN(c2nc(Nc3ccc(C)c(C(F)(F)F)c3)nc3c2CCC3)C1. The molecule has 1 aliphatic heterocycles. The largest absolute Gasteiger partial charge is 0.416 e. The minimum Gasteiger partial charge on any atom is -0.355 e. The van der Waals surface area contributed by atoms with Crippen LogP contribution >= 0.6 is 0 Å². The third kappa shape index (κ3) is 4.17. The summed E-state index contributed by atoms with van der Waals surface area (Å²) in [5.41, 5.74) is 2.10. The molecule has 1 unspecified atom stereocenters. The van der Waals surface area contributed by atoms with Crippen molar-refractivity contribution in [3.63, 3.8) is 0 Å². The number of hydrogen-bond acceptors (Lipinski definition) is 5. The predicted molar refractivity (Wildman–Crippen MR) is 108 cm³/mol. The van der Waals surface area contributed by atoms with Crippen LogP contribution in [-0.4, -0.2) is 36.1 Å². The average Bonchev–Trinajstić information content (AvgIpc) is 3.16. The summed E-state index contributed by atoms with van der Waals surface area (Å²) in [5.74, 6) is 1.29. The van der Waals surface area contributed by atoms with E-state index in [9.17, 15) is 13.2 Å². The summed E-state index contributed by atoms with van der Waals surface area (Å²) in [4.78, 5) is 11.6. The molecule has 4 rings (SSSR count). The fraction of sp³-hybridized carbons (Fsp3) is 0.524. The first kappa shape index (κ1) is 19.9. The van der Waals surface area contributed by atoms with Gasteiger partial charge in [-0.15, -0.1) is 0 Å². The number of hydrogen-bond donors (Lipinski definition) is 2. The first-order valence-electron chi connectivity index (χ1n) is 10.1. The van der Waals surface area contributed by atoms with Gasteiger partial charge in [-0.2, -0.15) is 18.2 Å². The molecular formula is C21H26F3N5. The normalized spacial score (nSPS) is 19.3. The van der Waals surface area contributed by atoms with Crippen LogP contribution < -0.4 is 15.5 Å². The summed E-state index contributed by atoms with van der Waals surface area (Å²) in [6.45, 7) is 3.27. The quantitative estimate of drug-likeness (QED) is 0.798. The molecule has 2 N–H and O–H groups in total. The predicted octanol–water partition coefficient (Wildman–Crippen LogP) is 4.22. The molecule has 2 aromatic rings. The molecule has 8 heteroatoms. The van der Waals surface area contributed by atoms with Gasteiger partial charge in [0.1, 0.15) is 5.82 Å². The molecule has 156 valence electrons. The number of aromatic nitrogens is 2. The van der Waals surface area contributed by atoms with Gasteiger partial charge in [0.25, 0.3) is 0 Å². The molecule has 0 bridgehead atoms. The molecule has 0 saturated carbocycles. The van der Waals surface area contributed by atoms with Crippen LogP contribution in [-0.2, 0) is 19.0 Å². The number of rotatable bonds is 4. The third-order valence-electron chi connectivity index (χ3n) is 5.84. The topological polar surface area (TPSA) is 53.1 Å². The summed E-state index contributed by atoms with van der Waals surface area (Å²) in [7, 11) is 1.97. The molecule has 1 aliphatic carbocycles. The molecule has 1 atom stereocenters. The molecule has 0 amide bonds. The van der Waals surface area contributed by atoms with E-state index in [0.29, 0.717) is 17.7 Å². The summed E-state index contributed by atoms with van der Waals surface area (Å²) < 4.78 is 39.8. The molecule has 1 aromatic carbocycles. The van der Waals surface area contributed by atoms with Crippen LogP contribution in [0.5, 0.6) is 0 Å². The van der Waals surface area contributed by atoms with Crippen LogP contribution in [0.25, 0.3) is 0 Å². The van der Waals surface area contributed by atoms with Gasteiger partial charge in [-0.3, -0.25) is 0 Å². The molecule has 2 heterocycles. The molecule has 1 saturated heterocycles. The Morgan fingerprint density at radius 1 is 1.14 bits per heavy atom. The van der Waals surface area contributed by atoms with Crippen molar-refractivity contribution in [2.24, 2.45) is 0 Å². The van der Waals surface area contributed by atoms with Crippen molar-refractivity contribution in [2.45, 2.75) is 51.2 Å². The van der Waals surface area contributed by atoms with Crippen LogP contribution in [0.4, 0.5) is 30.6 Å². The van der Waals surface area contributed by atoms with E-state index < -0.39 is 11.7 Å². The van der Waals surface area contributed by atoms with Gasteiger partial charge in [0.2, 0.25) is 5.95 Å². The number of nitrogens with one attached hydrogen (secondary N) is 2. The first-order valence-corrected chi connectivity index (χ1v) is 10.1. The van der Waals surface area contributed by atoms with Gasteiger partial charge < -0.3 is 15.5 Å². The summed E-state index contributed by atoms with van der Waals surface area (Å²) >= 11 is 0. The third-order valence-corrected chi connectivity index (χ3v) is 5.84. The number of piperidine rings is 1. The average molecular weight is 405 g/mol. The molecule has 5 nitrogen and oxygen atoms in total. The van der Waals surface area contributed by atoms with E-state index in [1.807, 2.05) is 7.05 Å². The van der Waals surface area contributed by atoms with Gasteiger partial charge in [0.15, 0.2) is 0 Å². The van der Waals surface area contributed by atoms with Crippen molar-refractivity contribution in [3.05, 3.63) is 40.6 Å². The lowest BCUT2D eigenvalue weighted by atomic mass is 10.1. The monoisotopic (exact) mass is 405 g/mol. The fourth-order valence-electron chi connectivity index (χ4n) is 4.27. The number of aryl methyl sites for hydroxylation is 2. The van der Waals surface area contributed by atoms with Crippen molar-refractivity contribution < 1.29 is 13.2 Å². The Hall–Kier alpha value is -2.35. The Morgan fingerprint density at radius 2 is 1.97 bits per heavy atom. The van der Waals surface area contributed by atoms with Crippen LogP contribution in [0.3, 0.4) is 0 Å². The molecule has 0 radical (unpaired) electrons. The lowest BCUT2D eigenvalue weighted by Gasteiger charge is -2.34. The highest BCUT2D eigenvalue weighted by atomic mass is 19.4. The van der Waals surface area contributed by atoms with Crippen molar-refractivity contribution in [1.29, 1.82) is 0 Å². The van der Waals surface area contributed by atoms with E-state index in [-0.39, 0.29) is 5.56 Å². The highest BCUT2D eigenvalue weighted by Crippen LogP contribution is 2.35. The van der Waals surface area contributed by atoms with Crippen molar-refractivity contribution in [3.8, 4) is 0 Å². The first-order chi connectivity index (χ1) is 13.8. The molecule has 1 fully saturated rings. The maximum atomic E-state index is 13.3. The smallest absolute Gasteiger partial charge is 0.355 e. The number of nitrogens with zero attached hydrogens (tertiary/aromatic N) is 3. The zero-order valence-corrected chi connectivity index (χ0v) is 16.7. The Balaban J connectivity index is 1.66. The summed E-state index contributed by atoms with van der Waals surface area (Å²) in [6, 6.07) is 4.66. The van der Waals surface area contributed by atoms with Crippen molar-refractivity contribution >= 4 is 17.5 Å². The lowest BCUT2D eigenvalue weighted by Crippen LogP contribution is -2.45. The van der Waals surface area contributed by atoms with Crippen molar-refractivity contribution in [2.75, 3.05) is 30.4 Å². The van der Waals surface area contributed by atoms with Crippen LogP contribution in [0.1, 0.15) is 41.6 Å². The lowest BCUT2D eigenvalue weighted by molar-refractivity contribution is -0.138. The molecule has 0 spiro atoms. The van der Waals surface area contributed by atoms with Crippen LogP contribution in [0.2, 0.25) is 0 Å². The van der Waals surface area contributed by atoms with E-state index >= 15 is 0 Å². The van der Waals surface area contributed by atoms with E-state index in [0.717, 1.165) is 62.8 Å². The second-order valence-corrected chi connectivity index (χ2v) is 7.88. The molecule has 2 aliphatic rings. The van der Waals surface area contributed by atoms with Crippen LogP contribution in [0.15, 0.2) is 18.2 Å². The minimum atomic E-state index is -4.39. The summed E-state index contributed by atoms with van der Waals surface area (Å²) in [6.07, 6.45) is 0.697. The second kappa shape index (κ2) is 7.82. The van der Waals surface area contributed by atoms with Gasteiger partial charge in [-0.25, -0.2) is 4.98 Å². The maximum Gasteiger partial charge on any atom is 0.416 e. The molecular weight excluding hydrogens is 379 g/mol. The number of fused-ring (bicyclic) bond motifs is 1. The Morgan fingerprint density at radius 3 is 2.72 bits per heavy atom. The fourth-order valence-corrected chi connectivity index (χ4v) is 4.27. The van der Waals surface area contributed by atoms with E-state index in [1.54, 1.807) is 6.07 Å². The second-order valence-electron chi connectivity index (χ2n) is 7.88. The maximum absolute atomic E-state index is 13.3. The van der Waals surface area contributed by atoms with E-state index in [2.05, 4.69) is 20.5 Å². The summed E-state index contributed by atoms with van der Waals surface area (Å²) in [5, 5.41) is 6.36. The Bertz CT molecular complexity index is 897. The van der Waals surface area contributed by atoms with E-state index in [1.165, 1.54) is 18.6 Å². The van der Waals surface area contributed by atoms with Crippen LogP contribution in [0, 0.1) is 6.92 Å². The number of likely N-dealkylation sites (N-methyl/N-ethyl adjacent to an activating group) is 1. The Labute approximate surface area is 168 Å². The van der Waals surface area contributed by atoms with Crippen molar-refractivity contribution in [1.82, 2.24) is 15.3 Å². The van der Waals surface area contributed by atoms with Gasteiger partial charge in [-0.1, -0.05) is 6.07 Å². The van der Waals surface area contributed by atoms with Gasteiger partial charge >= 0.3 is 6.18 Å². The van der Waals surface area contributed by atoms with Gasteiger partial charge in [0, 0.05) is 30.4 Å². The highest BCUT2D eigenvalue weighted by Gasteiger charge is 2.32. The van der Waals surface area contributed by atoms with Gasteiger partial charge in [0.05, 0.1) is 11.3 Å². The number of benzene rings is 1. The Kier molecular flexibility index (Phi) is 5.38. The molecule has 1 aromatic heterocycles. The number of halogens is 3. The minimum absolute atomic E-state index is 0.199. The zero-order valence-electron chi connectivity index (χ0n) is 16.7. The number of anilines is 3. The molecule has 29 heavy (non-hydrogen) atoms. The van der Waals surface area contributed by atoms with Gasteiger partial charge in [-0.05, 0) is 63.8 Å².